The van der Waals surface area contributed by atoms with Crippen molar-refractivity contribution in [2.45, 2.75) is 61.8 Å². The van der Waals surface area contributed by atoms with Crippen LogP contribution in [0.4, 0.5) is 17.5 Å². The van der Waals surface area contributed by atoms with Crippen LogP contribution in [0.25, 0.3) is 0 Å². The van der Waals surface area contributed by atoms with Gasteiger partial charge in [-0.1, -0.05) is 12.1 Å². The van der Waals surface area contributed by atoms with Gasteiger partial charge in [0.2, 0.25) is 5.95 Å². The second-order valence-corrected chi connectivity index (χ2v) is 10.3. The number of nitrogens with one attached hydrogen (secondary N) is 3. The number of hydrogen-bond donors (Lipinski definition) is 5. The molecule has 0 atom stereocenters. The zero-order valence-electron chi connectivity index (χ0n) is 17.4. The Bertz CT molecular complexity index is 1120. The predicted molar refractivity (Wildman–Crippen MR) is 117 cm³/mol. The van der Waals surface area contributed by atoms with Gasteiger partial charge in [0.15, 0.2) is 15.7 Å². The van der Waals surface area contributed by atoms with Gasteiger partial charge < -0.3 is 21.5 Å². The maximum atomic E-state index is 12.7. The van der Waals surface area contributed by atoms with Gasteiger partial charge in [0, 0.05) is 6.04 Å². The molecule has 1 saturated carbocycles. The van der Waals surface area contributed by atoms with Crippen LogP contribution in [0.2, 0.25) is 0 Å². The van der Waals surface area contributed by atoms with Crippen LogP contribution >= 0.6 is 0 Å². The summed E-state index contributed by atoms with van der Waals surface area (Å²) >= 11 is 0. The van der Waals surface area contributed by atoms with Gasteiger partial charge >= 0.3 is 0 Å². The fourth-order valence-electron chi connectivity index (χ4n) is 3.47. The minimum atomic E-state index is -3.64. The molecule has 0 bridgehead atoms. The Morgan fingerprint density at radius 1 is 1.23 bits per heavy atom. The van der Waals surface area contributed by atoms with Crippen LogP contribution in [0.1, 0.15) is 49.9 Å². The van der Waals surface area contributed by atoms with Crippen LogP contribution in [0.3, 0.4) is 0 Å². The highest BCUT2D eigenvalue weighted by Gasteiger charge is 2.25. The summed E-state index contributed by atoms with van der Waals surface area (Å²) in [5.74, 6) is -1.00. The Balaban J connectivity index is 2.00. The second kappa shape index (κ2) is 9.06. The van der Waals surface area contributed by atoms with Gasteiger partial charge in [0.1, 0.15) is 5.56 Å². The van der Waals surface area contributed by atoms with Crippen molar-refractivity contribution in [3.63, 3.8) is 0 Å². The van der Waals surface area contributed by atoms with Crippen molar-refractivity contribution in [3.8, 4) is 0 Å². The van der Waals surface area contributed by atoms with Gasteiger partial charge in [-0.3, -0.25) is 14.6 Å². The number of rotatable bonds is 7. The molecular weight excluding hydrogens is 422 g/mol. The average molecular weight is 450 g/mol. The number of para-hydroxylation sites is 1. The van der Waals surface area contributed by atoms with Crippen molar-refractivity contribution < 1.29 is 18.3 Å². The molecule has 6 N–H and O–H groups in total. The molecule has 10 nitrogen and oxygen atoms in total. The number of aliphatic hydroxyl groups is 1. The van der Waals surface area contributed by atoms with Crippen LogP contribution in [-0.4, -0.2) is 46.8 Å². The van der Waals surface area contributed by atoms with E-state index < -0.39 is 32.1 Å². The normalized spacial score (nSPS) is 19.2. The first-order chi connectivity index (χ1) is 14.6. The first kappa shape index (κ1) is 22.8. The fourth-order valence-corrected chi connectivity index (χ4v) is 4.68. The van der Waals surface area contributed by atoms with Gasteiger partial charge in [0.25, 0.3) is 11.5 Å². The van der Waals surface area contributed by atoms with E-state index in [2.05, 4.69) is 20.6 Å². The fraction of sp³-hybridized carbons (Fsp3) is 0.450. The molecule has 1 fully saturated rings. The van der Waals surface area contributed by atoms with E-state index in [-0.39, 0.29) is 34.5 Å². The lowest BCUT2D eigenvalue weighted by Gasteiger charge is -2.26. The van der Waals surface area contributed by atoms with Gasteiger partial charge in [-0.2, -0.15) is 4.98 Å². The number of aromatic amines is 1. The number of amides is 1. The monoisotopic (exact) mass is 449 g/mol. The SMILES string of the molecule is CC(C)S(=O)(=O)c1ccccc1Nc1nc(N[C@H]2CC[C@H](O)CC2)[nH]c(=O)c1C(N)=O. The van der Waals surface area contributed by atoms with Crippen LogP contribution in [0.5, 0.6) is 0 Å². The summed E-state index contributed by atoms with van der Waals surface area (Å²) in [6, 6.07) is 6.18. The molecule has 168 valence electrons. The number of carbonyl (C=O) groups is 1. The Morgan fingerprint density at radius 2 is 1.87 bits per heavy atom. The third-order valence-electron chi connectivity index (χ3n) is 5.27. The smallest absolute Gasteiger partial charge is 0.267 e. The maximum absolute atomic E-state index is 12.7. The van der Waals surface area contributed by atoms with Crippen molar-refractivity contribution in [2.24, 2.45) is 5.73 Å². The molecule has 1 aliphatic rings. The molecule has 0 spiro atoms. The number of benzene rings is 1. The first-order valence-corrected chi connectivity index (χ1v) is 11.6. The highest BCUT2D eigenvalue weighted by Crippen LogP contribution is 2.28. The van der Waals surface area contributed by atoms with E-state index in [0.29, 0.717) is 25.7 Å². The topological polar surface area (TPSA) is 167 Å². The minimum Gasteiger partial charge on any atom is -0.393 e. The quantitative estimate of drug-likeness (QED) is 0.424. The summed E-state index contributed by atoms with van der Waals surface area (Å²) in [4.78, 5) is 31.3. The molecule has 0 radical (unpaired) electrons. The summed E-state index contributed by atoms with van der Waals surface area (Å²) in [5.41, 5.74) is 4.42. The summed E-state index contributed by atoms with van der Waals surface area (Å²) in [5, 5.41) is 14.9. The third-order valence-corrected chi connectivity index (χ3v) is 7.48. The van der Waals surface area contributed by atoms with Gasteiger partial charge in [0.05, 0.1) is 21.9 Å². The zero-order valence-corrected chi connectivity index (χ0v) is 18.2. The lowest BCUT2D eigenvalue weighted by Crippen LogP contribution is -2.32. The number of hydrogen-bond acceptors (Lipinski definition) is 8. The molecular formula is C20H27N5O5S. The van der Waals surface area contributed by atoms with Crippen molar-refractivity contribution >= 4 is 33.2 Å². The second-order valence-electron chi connectivity index (χ2n) is 7.87. The molecule has 0 saturated heterocycles. The van der Waals surface area contributed by atoms with Crippen LogP contribution in [0, 0.1) is 0 Å². The highest BCUT2D eigenvalue weighted by atomic mass is 32.2. The van der Waals surface area contributed by atoms with Gasteiger partial charge in [-0.15, -0.1) is 0 Å². The summed E-state index contributed by atoms with van der Waals surface area (Å²) < 4.78 is 25.5. The molecule has 1 aliphatic carbocycles. The van der Waals surface area contributed by atoms with Crippen molar-refractivity contribution in [2.75, 3.05) is 10.6 Å². The molecule has 1 aromatic heterocycles. The number of aliphatic hydroxyl groups excluding tert-OH is 1. The molecule has 3 rings (SSSR count). The summed E-state index contributed by atoms with van der Waals surface area (Å²) in [6.07, 6.45) is 2.32. The van der Waals surface area contributed by atoms with E-state index in [1.807, 2.05) is 0 Å². The predicted octanol–water partition coefficient (Wildman–Crippen LogP) is 1.51. The van der Waals surface area contributed by atoms with Crippen LogP contribution in [0.15, 0.2) is 34.0 Å². The van der Waals surface area contributed by atoms with Crippen LogP contribution < -0.4 is 21.9 Å². The minimum absolute atomic E-state index is 0.00701. The largest absolute Gasteiger partial charge is 0.393 e. The number of anilines is 3. The number of sulfone groups is 1. The standard InChI is InChI=1S/C20H27N5O5S/c1-11(2)31(29,30)15-6-4-3-5-14(15)23-18-16(17(21)27)19(28)25-20(24-18)22-12-7-9-13(26)10-8-12/h3-6,11-13,26H,7-10H2,1-2H3,(H2,21,27)(H3,22,23,24,25,28)/t12-,13-. The molecule has 1 amide bonds. The molecule has 1 heterocycles. The lowest BCUT2D eigenvalue weighted by atomic mass is 9.93. The lowest BCUT2D eigenvalue weighted by molar-refractivity contribution is 0.0999. The van der Waals surface area contributed by atoms with E-state index in [9.17, 15) is 23.1 Å². The Kier molecular flexibility index (Phi) is 6.65. The summed E-state index contributed by atoms with van der Waals surface area (Å²) in [7, 11) is -3.64. The molecule has 0 aliphatic heterocycles. The maximum Gasteiger partial charge on any atom is 0.267 e. The molecule has 1 aromatic carbocycles. The van der Waals surface area contributed by atoms with Gasteiger partial charge in [-0.25, -0.2) is 8.42 Å². The molecule has 11 heteroatoms. The number of nitrogens with two attached hydrogens (primary N) is 1. The highest BCUT2D eigenvalue weighted by molar-refractivity contribution is 7.92. The Morgan fingerprint density at radius 3 is 2.48 bits per heavy atom. The molecule has 0 unspecified atom stereocenters. The number of H-pyrrole nitrogens is 1. The van der Waals surface area contributed by atoms with Crippen molar-refractivity contribution in [3.05, 3.63) is 40.2 Å². The zero-order chi connectivity index (χ0) is 22.8. The average Bonchev–Trinajstić information content (AvgIpc) is 2.69. The first-order valence-electron chi connectivity index (χ1n) is 10.1. The Labute approximate surface area is 180 Å². The molecule has 2 aromatic rings. The van der Waals surface area contributed by atoms with Crippen molar-refractivity contribution in [1.29, 1.82) is 0 Å². The van der Waals surface area contributed by atoms with E-state index in [1.54, 1.807) is 26.0 Å². The van der Waals surface area contributed by atoms with Crippen LogP contribution in [-0.2, 0) is 9.84 Å². The number of nitrogens with zero attached hydrogens (tertiary/aromatic N) is 1. The van der Waals surface area contributed by atoms with E-state index in [1.165, 1.54) is 12.1 Å². The van der Waals surface area contributed by atoms with Gasteiger partial charge in [-0.05, 0) is 51.7 Å². The number of aromatic nitrogens is 2. The number of carbonyl (C=O) groups excluding carboxylic acids is 1. The van der Waals surface area contributed by atoms with Crippen molar-refractivity contribution in [1.82, 2.24) is 9.97 Å². The van der Waals surface area contributed by atoms with E-state index in [0.717, 1.165) is 0 Å². The summed E-state index contributed by atoms with van der Waals surface area (Å²) in [6.45, 7) is 3.13. The number of primary amides is 1. The van der Waals surface area contributed by atoms with E-state index >= 15 is 0 Å². The molecule has 31 heavy (non-hydrogen) atoms. The Hall–Kier alpha value is -2.92. The van der Waals surface area contributed by atoms with E-state index in [4.69, 9.17) is 5.73 Å². The third kappa shape index (κ3) is 5.05.